The van der Waals surface area contributed by atoms with Gasteiger partial charge in [-0.1, -0.05) is 13.8 Å². The normalized spacial score (nSPS) is 31.9. The molecule has 6 N–H and O–H groups in total. The van der Waals surface area contributed by atoms with Gasteiger partial charge in [0.2, 0.25) is 0 Å². The number of fused-ring (bicyclic) bond motifs is 10. The number of hydrogen-bond donors (Lipinski definition) is 6. The number of hydrogen-bond acceptors (Lipinski definition) is 6. The number of H-pyrrole nitrogens is 2. The highest BCUT2D eigenvalue weighted by Gasteiger charge is 2.62. The molecule has 0 radical (unpaired) electrons. The minimum Gasteiger partial charge on any atom is -0.481 e. The van der Waals surface area contributed by atoms with Crippen molar-refractivity contribution in [2.45, 2.75) is 87.2 Å². The van der Waals surface area contributed by atoms with Crippen molar-refractivity contribution < 1.29 is 19.8 Å². The SMILES string of the molecule is CC1=C2/C=c3\[nH]/c(c(CCC(=O)O)c3C)=C\c3[nH]c(c(C)c3CCC(=O)O)/C=C3\NC(=C(C)[C@]34S[C@H]4C)/C=C(\N2)[C@@]12S[C@H]2C. The Balaban J connectivity index is 1.50. The monoisotopic (exact) mass is 630 g/mol. The van der Waals surface area contributed by atoms with Crippen molar-refractivity contribution in [2.24, 2.45) is 0 Å². The van der Waals surface area contributed by atoms with E-state index in [0.717, 1.165) is 61.4 Å². The molecule has 5 aliphatic heterocycles. The van der Waals surface area contributed by atoms with E-state index in [1.54, 1.807) is 0 Å². The van der Waals surface area contributed by atoms with Gasteiger partial charge in [0, 0.05) is 68.2 Å². The Morgan fingerprint density at radius 1 is 0.705 bits per heavy atom. The van der Waals surface area contributed by atoms with Crippen LogP contribution in [0.2, 0.25) is 0 Å². The zero-order valence-corrected chi connectivity index (χ0v) is 27.5. The molecule has 4 atom stereocenters. The molecule has 2 saturated heterocycles. The van der Waals surface area contributed by atoms with Gasteiger partial charge in [-0.2, -0.15) is 0 Å². The van der Waals surface area contributed by atoms with E-state index in [0.29, 0.717) is 23.3 Å². The van der Waals surface area contributed by atoms with Gasteiger partial charge in [0.15, 0.2) is 0 Å². The fourth-order valence-electron chi connectivity index (χ4n) is 7.46. The molecule has 2 aromatic rings. The predicted octanol–water partition coefficient (Wildman–Crippen LogP) is 4.34. The molecule has 0 unspecified atom stereocenters. The average Bonchev–Trinajstić information content (AvgIpc) is 3.68. The lowest BCUT2D eigenvalue weighted by Crippen LogP contribution is -2.21. The van der Waals surface area contributed by atoms with Gasteiger partial charge in [-0.3, -0.25) is 9.59 Å². The highest BCUT2D eigenvalue weighted by Crippen LogP contribution is 2.67. The smallest absolute Gasteiger partial charge is 0.303 e. The van der Waals surface area contributed by atoms with Crippen LogP contribution in [0.25, 0.3) is 18.2 Å². The van der Waals surface area contributed by atoms with Gasteiger partial charge in [0.25, 0.3) is 0 Å². The number of aromatic amines is 2. The Labute approximate surface area is 264 Å². The van der Waals surface area contributed by atoms with Crippen molar-refractivity contribution >= 4 is 53.7 Å². The predicted molar refractivity (Wildman–Crippen MR) is 178 cm³/mol. The number of thioether (sulfide) groups is 2. The van der Waals surface area contributed by atoms with Gasteiger partial charge < -0.3 is 30.8 Å². The molecule has 44 heavy (non-hydrogen) atoms. The summed E-state index contributed by atoms with van der Waals surface area (Å²) < 4.78 is -0.189. The summed E-state index contributed by atoms with van der Waals surface area (Å²) in [6, 6.07) is 0. The van der Waals surface area contributed by atoms with E-state index in [-0.39, 0.29) is 22.3 Å². The number of aromatic nitrogens is 2. The summed E-state index contributed by atoms with van der Waals surface area (Å²) >= 11 is 3.93. The second kappa shape index (κ2) is 10.0. The number of aliphatic carboxylic acids is 2. The van der Waals surface area contributed by atoms with Crippen LogP contribution in [-0.2, 0) is 22.4 Å². The van der Waals surface area contributed by atoms with Crippen molar-refractivity contribution in [3.63, 3.8) is 0 Å². The lowest BCUT2D eigenvalue weighted by Gasteiger charge is -2.12. The van der Waals surface area contributed by atoms with Crippen LogP contribution in [-0.4, -0.2) is 52.1 Å². The molecule has 7 rings (SSSR count). The van der Waals surface area contributed by atoms with Gasteiger partial charge in [0.1, 0.15) is 0 Å². The third-order valence-electron chi connectivity index (χ3n) is 10.3. The maximum atomic E-state index is 11.6. The quantitative estimate of drug-likeness (QED) is 0.260. The summed E-state index contributed by atoms with van der Waals surface area (Å²) in [6.45, 7) is 13.1. The number of allylic oxidation sites excluding steroid dienone is 2. The van der Waals surface area contributed by atoms with Crippen LogP contribution < -0.4 is 21.3 Å². The Morgan fingerprint density at radius 3 is 1.77 bits per heavy atom. The summed E-state index contributed by atoms with van der Waals surface area (Å²) in [4.78, 5) is 30.5. The van der Waals surface area contributed by atoms with Crippen molar-refractivity contribution in [1.29, 1.82) is 0 Å². The first-order chi connectivity index (χ1) is 20.9. The number of carbonyl (C=O) groups is 2. The van der Waals surface area contributed by atoms with Crippen LogP contribution in [0.4, 0.5) is 0 Å². The largest absolute Gasteiger partial charge is 0.481 e. The standard InChI is InChI=1S/C34H38N4O4S2/c1-15-21(7-9-31(39)40)27-12-28-22(8-10-32(41)42)16(2)24(36-28)13-29-34(20(6)44-34)18(4)26(38-29)14-30-33(19(5)43-33)17(3)25(37-30)11-23(15)35-27/h11-14,19-20,35-38H,7-10H2,1-6H3,(H,39,40)(H,41,42)/b23-11-,27-12-,29-13-,30-14-/t19-,20-,33+,34+/m0/s1. The number of carboxylic acids is 2. The minimum atomic E-state index is -0.840. The maximum Gasteiger partial charge on any atom is 0.303 e. The number of carboxylic acid groups (broad SMARTS) is 2. The molecule has 2 fully saturated rings. The van der Waals surface area contributed by atoms with E-state index in [4.69, 9.17) is 0 Å². The average molecular weight is 631 g/mol. The van der Waals surface area contributed by atoms with Gasteiger partial charge in [-0.05, 0) is 98.2 Å². The lowest BCUT2D eigenvalue weighted by atomic mass is 9.93. The van der Waals surface area contributed by atoms with E-state index < -0.39 is 11.9 Å². The molecule has 8 bridgehead atoms. The fraction of sp³-hybridized carbons (Fsp3) is 0.412. The molecule has 2 aromatic heterocycles. The Kier molecular flexibility index (Phi) is 6.64. The summed E-state index contributed by atoms with van der Waals surface area (Å²) in [7, 11) is 0. The molecule has 10 heteroatoms. The highest BCUT2D eigenvalue weighted by atomic mass is 32.2. The first-order valence-electron chi connectivity index (χ1n) is 15.2. The van der Waals surface area contributed by atoms with E-state index in [2.05, 4.69) is 73.4 Å². The summed E-state index contributed by atoms with van der Waals surface area (Å²) in [5, 5.41) is 29.4. The van der Waals surface area contributed by atoms with Crippen LogP contribution in [0.15, 0.2) is 40.0 Å². The van der Waals surface area contributed by atoms with Gasteiger partial charge in [-0.15, -0.1) is 23.5 Å². The van der Waals surface area contributed by atoms with E-state index >= 15 is 0 Å². The second-order valence-corrected chi connectivity index (χ2v) is 15.8. The first kappa shape index (κ1) is 29.2. The highest BCUT2D eigenvalue weighted by molar-refractivity contribution is 8.09. The zero-order valence-electron chi connectivity index (χ0n) is 25.8. The third-order valence-corrected chi connectivity index (χ3v) is 13.7. The first-order valence-corrected chi connectivity index (χ1v) is 17.0. The van der Waals surface area contributed by atoms with Crippen LogP contribution >= 0.6 is 23.5 Å². The van der Waals surface area contributed by atoms with Crippen molar-refractivity contribution in [1.82, 2.24) is 20.6 Å². The molecule has 0 saturated carbocycles. The van der Waals surface area contributed by atoms with Crippen molar-refractivity contribution in [2.75, 3.05) is 0 Å². The molecule has 5 aliphatic rings. The molecule has 7 heterocycles. The van der Waals surface area contributed by atoms with E-state index in [1.807, 2.05) is 36.5 Å². The Bertz CT molecular complexity index is 1920. The second-order valence-electron chi connectivity index (χ2n) is 12.6. The lowest BCUT2D eigenvalue weighted by molar-refractivity contribution is -0.138. The van der Waals surface area contributed by atoms with Crippen LogP contribution in [0.5, 0.6) is 0 Å². The maximum absolute atomic E-state index is 11.6. The van der Waals surface area contributed by atoms with Gasteiger partial charge >= 0.3 is 11.9 Å². The van der Waals surface area contributed by atoms with Gasteiger partial charge in [-0.25, -0.2) is 0 Å². The van der Waals surface area contributed by atoms with Crippen molar-refractivity contribution in [3.8, 4) is 0 Å². The third kappa shape index (κ3) is 4.28. The van der Waals surface area contributed by atoms with Crippen LogP contribution in [0, 0.1) is 13.8 Å². The molecule has 0 aromatic carbocycles. The van der Waals surface area contributed by atoms with E-state index in [9.17, 15) is 19.8 Å². The zero-order chi connectivity index (χ0) is 31.3. The Hall–Kier alpha value is -3.50. The minimum absolute atomic E-state index is 0.0220. The summed E-state index contributed by atoms with van der Waals surface area (Å²) in [6.07, 6.45) is 9.54. The fourth-order valence-corrected chi connectivity index (χ4v) is 10.1. The molecule has 230 valence electrons. The molecular formula is C34H38N4O4S2. The summed E-state index contributed by atoms with van der Waals surface area (Å²) in [5.74, 6) is -1.68. The molecule has 0 aliphatic carbocycles. The van der Waals surface area contributed by atoms with Gasteiger partial charge in [0.05, 0.1) is 9.49 Å². The van der Waals surface area contributed by atoms with Crippen molar-refractivity contribution in [3.05, 3.63) is 84.4 Å². The van der Waals surface area contributed by atoms with Crippen LogP contribution in [0.3, 0.4) is 0 Å². The topological polar surface area (TPSA) is 130 Å². The molecule has 2 spiro atoms. The molecular weight excluding hydrogens is 593 g/mol. The Morgan fingerprint density at radius 2 is 1.23 bits per heavy atom. The summed E-state index contributed by atoms with van der Waals surface area (Å²) in [5.41, 5.74) is 12.9. The number of rotatable bonds is 6. The molecule has 8 nitrogen and oxygen atoms in total. The number of nitrogens with one attached hydrogen (secondary N) is 4. The van der Waals surface area contributed by atoms with Crippen LogP contribution in [0.1, 0.15) is 74.2 Å². The van der Waals surface area contributed by atoms with E-state index in [1.165, 1.54) is 16.8 Å². The molecule has 0 amide bonds.